The number of benzene rings is 1. The van der Waals surface area contributed by atoms with Gasteiger partial charge in [-0.3, -0.25) is 4.79 Å². The fourth-order valence-electron chi connectivity index (χ4n) is 2.76. The summed E-state index contributed by atoms with van der Waals surface area (Å²) in [7, 11) is 0. The molecular weight excluding hydrogens is 256 g/mol. The monoisotopic (exact) mass is 274 g/mol. The van der Waals surface area contributed by atoms with Crippen LogP contribution < -0.4 is 5.32 Å². The summed E-state index contributed by atoms with van der Waals surface area (Å²) in [6.45, 7) is 0.371. The smallest absolute Gasteiger partial charge is 0.323 e. The van der Waals surface area contributed by atoms with E-state index in [9.17, 15) is 9.59 Å². The summed E-state index contributed by atoms with van der Waals surface area (Å²) in [6, 6.07) is 8.09. The maximum atomic E-state index is 12.1. The minimum absolute atomic E-state index is 0.111. The van der Waals surface area contributed by atoms with Crippen molar-refractivity contribution < 1.29 is 14.7 Å². The largest absolute Gasteiger partial charge is 0.480 e. The van der Waals surface area contributed by atoms with Crippen LogP contribution in [0.15, 0.2) is 24.3 Å². The van der Waals surface area contributed by atoms with Gasteiger partial charge >= 0.3 is 12.0 Å². The second-order valence-corrected chi connectivity index (χ2v) is 5.54. The van der Waals surface area contributed by atoms with E-state index in [1.54, 1.807) is 0 Å². The van der Waals surface area contributed by atoms with Gasteiger partial charge in [0.15, 0.2) is 0 Å². The summed E-state index contributed by atoms with van der Waals surface area (Å²) in [5.41, 5.74) is 2.64. The molecule has 1 unspecified atom stereocenters. The van der Waals surface area contributed by atoms with E-state index >= 15 is 0 Å². The van der Waals surface area contributed by atoms with E-state index in [1.165, 1.54) is 16.0 Å². The van der Waals surface area contributed by atoms with Gasteiger partial charge in [-0.15, -0.1) is 0 Å². The molecule has 5 heteroatoms. The average Bonchev–Trinajstić information content (AvgIpc) is 3.21. The third-order valence-corrected chi connectivity index (χ3v) is 4.02. The Balaban J connectivity index is 1.53. The molecule has 3 rings (SSSR count). The first kappa shape index (κ1) is 13.0. The number of hydrogen-bond acceptors (Lipinski definition) is 2. The number of carbonyl (C=O) groups is 2. The molecule has 0 saturated heterocycles. The number of carbonyl (C=O) groups excluding carboxylic acids is 1. The Morgan fingerprint density at radius 3 is 2.70 bits per heavy atom. The summed E-state index contributed by atoms with van der Waals surface area (Å²) in [6.07, 6.45) is 2.80. The lowest BCUT2D eigenvalue weighted by molar-refractivity contribution is -0.137. The van der Waals surface area contributed by atoms with Crippen molar-refractivity contribution in [3.63, 3.8) is 0 Å². The Hall–Kier alpha value is -2.04. The van der Waals surface area contributed by atoms with E-state index in [1.807, 2.05) is 12.1 Å². The molecule has 1 fully saturated rings. The standard InChI is InChI=1S/C15H18N2O3/c18-14(19)9-17(12-5-6-12)15(20)16-8-11-7-10-3-1-2-4-13(10)11/h1-4,11-12H,5-9H2,(H,16,20)(H,18,19). The van der Waals surface area contributed by atoms with Gasteiger partial charge in [0, 0.05) is 18.5 Å². The van der Waals surface area contributed by atoms with Crippen LogP contribution in [0.25, 0.3) is 0 Å². The molecule has 20 heavy (non-hydrogen) atoms. The second kappa shape index (κ2) is 5.15. The van der Waals surface area contributed by atoms with Gasteiger partial charge in [0.2, 0.25) is 0 Å². The van der Waals surface area contributed by atoms with Crippen molar-refractivity contribution in [1.29, 1.82) is 0 Å². The number of nitrogens with one attached hydrogen (secondary N) is 1. The molecule has 0 aliphatic heterocycles. The van der Waals surface area contributed by atoms with E-state index in [2.05, 4.69) is 17.4 Å². The molecule has 106 valence electrons. The summed E-state index contributed by atoms with van der Waals surface area (Å²) in [4.78, 5) is 24.3. The lowest BCUT2D eigenvalue weighted by Gasteiger charge is -2.31. The number of fused-ring (bicyclic) bond motifs is 1. The van der Waals surface area contributed by atoms with E-state index < -0.39 is 5.97 Å². The van der Waals surface area contributed by atoms with Gasteiger partial charge < -0.3 is 15.3 Å². The Labute approximate surface area is 117 Å². The van der Waals surface area contributed by atoms with E-state index in [0.717, 1.165) is 19.3 Å². The van der Waals surface area contributed by atoms with Gasteiger partial charge in [-0.25, -0.2) is 4.79 Å². The van der Waals surface area contributed by atoms with E-state index in [4.69, 9.17) is 5.11 Å². The van der Waals surface area contributed by atoms with Crippen molar-refractivity contribution in [1.82, 2.24) is 10.2 Å². The zero-order valence-electron chi connectivity index (χ0n) is 11.2. The van der Waals surface area contributed by atoms with Crippen molar-refractivity contribution in [3.05, 3.63) is 35.4 Å². The van der Waals surface area contributed by atoms with Gasteiger partial charge in [0.1, 0.15) is 6.54 Å². The lowest BCUT2D eigenvalue weighted by Crippen LogP contribution is -2.46. The van der Waals surface area contributed by atoms with Crippen LogP contribution in [0.5, 0.6) is 0 Å². The molecule has 1 aromatic rings. The van der Waals surface area contributed by atoms with Gasteiger partial charge in [-0.2, -0.15) is 0 Å². The average molecular weight is 274 g/mol. The highest BCUT2D eigenvalue weighted by molar-refractivity contribution is 5.80. The fourth-order valence-corrected chi connectivity index (χ4v) is 2.76. The first-order chi connectivity index (χ1) is 9.65. The van der Waals surface area contributed by atoms with Gasteiger partial charge in [-0.05, 0) is 30.4 Å². The third-order valence-electron chi connectivity index (χ3n) is 4.02. The van der Waals surface area contributed by atoms with Crippen molar-refractivity contribution in [2.45, 2.75) is 31.2 Å². The zero-order valence-corrected chi connectivity index (χ0v) is 11.2. The Morgan fingerprint density at radius 2 is 2.05 bits per heavy atom. The molecule has 5 nitrogen and oxygen atoms in total. The fraction of sp³-hybridized carbons (Fsp3) is 0.467. The molecule has 1 atom stereocenters. The molecule has 2 aliphatic rings. The number of rotatable bonds is 5. The Bertz CT molecular complexity index is 540. The quantitative estimate of drug-likeness (QED) is 0.856. The molecule has 0 bridgehead atoms. The first-order valence-electron chi connectivity index (χ1n) is 6.99. The molecule has 0 radical (unpaired) electrons. The number of aliphatic carboxylic acids is 1. The normalized spacial score (nSPS) is 19.7. The summed E-state index contributed by atoms with van der Waals surface area (Å²) >= 11 is 0. The predicted molar refractivity (Wildman–Crippen MR) is 73.6 cm³/mol. The molecule has 1 saturated carbocycles. The second-order valence-electron chi connectivity index (χ2n) is 5.54. The number of carboxylic acids is 1. The minimum atomic E-state index is -0.957. The van der Waals surface area contributed by atoms with Crippen LogP contribution in [0.4, 0.5) is 4.79 Å². The van der Waals surface area contributed by atoms with Gasteiger partial charge in [0.05, 0.1) is 0 Å². The van der Waals surface area contributed by atoms with Crippen LogP contribution in [0.3, 0.4) is 0 Å². The van der Waals surface area contributed by atoms with Gasteiger partial charge in [-0.1, -0.05) is 24.3 Å². The summed E-state index contributed by atoms with van der Waals surface area (Å²) < 4.78 is 0. The van der Waals surface area contributed by atoms with Crippen LogP contribution >= 0.6 is 0 Å². The molecule has 0 heterocycles. The number of amides is 2. The maximum Gasteiger partial charge on any atom is 0.323 e. The topological polar surface area (TPSA) is 69.6 Å². The predicted octanol–water partition coefficient (Wildman–Crippen LogP) is 1.58. The maximum absolute atomic E-state index is 12.1. The molecular formula is C15H18N2O3. The molecule has 0 aromatic heterocycles. The number of urea groups is 1. The Morgan fingerprint density at radius 1 is 1.30 bits per heavy atom. The van der Waals surface area contributed by atoms with Crippen LogP contribution in [-0.2, 0) is 11.2 Å². The van der Waals surface area contributed by atoms with Gasteiger partial charge in [0.25, 0.3) is 0 Å². The first-order valence-corrected chi connectivity index (χ1v) is 6.99. The molecule has 0 spiro atoms. The minimum Gasteiger partial charge on any atom is -0.480 e. The van der Waals surface area contributed by atoms with Crippen molar-refractivity contribution in [3.8, 4) is 0 Å². The highest BCUT2D eigenvalue weighted by atomic mass is 16.4. The third kappa shape index (κ3) is 2.61. The van der Waals surface area contributed by atoms with Crippen LogP contribution in [0.2, 0.25) is 0 Å². The molecule has 2 N–H and O–H groups in total. The zero-order chi connectivity index (χ0) is 14.1. The summed E-state index contributed by atoms with van der Waals surface area (Å²) in [5, 5.41) is 11.7. The van der Waals surface area contributed by atoms with Crippen molar-refractivity contribution >= 4 is 12.0 Å². The van der Waals surface area contributed by atoms with Crippen molar-refractivity contribution in [2.75, 3.05) is 13.1 Å². The molecule has 1 aromatic carbocycles. The number of hydrogen-bond donors (Lipinski definition) is 2. The number of nitrogens with zero attached hydrogens (tertiary/aromatic N) is 1. The van der Waals surface area contributed by atoms with Crippen LogP contribution in [0.1, 0.15) is 29.9 Å². The SMILES string of the molecule is O=C(O)CN(C(=O)NCC1Cc2ccccc21)C1CC1. The van der Waals surface area contributed by atoms with E-state index in [0.29, 0.717) is 12.5 Å². The highest BCUT2D eigenvalue weighted by Crippen LogP contribution is 2.34. The molecule has 2 amide bonds. The Kier molecular flexibility index (Phi) is 3.34. The lowest BCUT2D eigenvalue weighted by atomic mass is 9.78. The van der Waals surface area contributed by atoms with Crippen LogP contribution in [0, 0.1) is 0 Å². The van der Waals surface area contributed by atoms with Crippen LogP contribution in [-0.4, -0.2) is 41.1 Å². The highest BCUT2D eigenvalue weighted by Gasteiger charge is 2.34. The summed E-state index contributed by atoms with van der Waals surface area (Å²) in [5.74, 6) is -0.595. The van der Waals surface area contributed by atoms with E-state index in [-0.39, 0.29) is 18.6 Å². The molecule has 2 aliphatic carbocycles. The van der Waals surface area contributed by atoms with Crippen molar-refractivity contribution in [2.24, 2.45) is 0 Å². The number of carboxylic acid groups (broad SMARTS) is 1.